The summed E-state index contributed by atoms with van der Waals surface area (Å²) >= 11 is 1.55. The van der Waals surface area contributed by atoms with Gasteiger partial charge < -0.3 is 24.8 Å². The number of nitrogens with zero attached hydrogens (tertiary/aromatic N) is 4. The van der Waals surface area contributed by atoms with Crippen molar-refractivity contribution < 1.29 is 19.4 Å². The van der Waals surface area contributed by atoms with Crippen molar-refractivity contribution in [1.29, 1.82) is 0 Å². The average molecular weight is 532 g/mol. The lowest BCUT2D eigenvalue weighted by Crippen LogP contribution is -2.40. The Kier molecular flexibility index (Phi) is 7.17. The quantitative estimate of drug-likeness (QED) is 0.367. The fraction of sp³-hybridized carbons (Fsp3) is 0.357. The number of hydrogen-bond acceptors (Lipinski definition) is 9. The highest BCUT2D eigenvalue weighted by Crippen LogP contribution is 2.33. The van der Waals surface area contributed by atoms with Gasteiger partial charge in [-0.1, -0.05) is 24.2 Å². The molecule has 6 rings (SSSR count). The third-order valence-corrected chi connectivity index (χ3v) is 7.91. The zero-order valence-corrected chi connectivity index (χ0v) is 21.7. The van der Waals surface area contributed by atoms with Gasteiger partial charge >= 0.3 is 0 Å². The monoisotopic (exact) mass is 531 g/mol. The Morgan fingerprint density at radius 1 is 1.00 bits per heavy atom. The molecule has 1 saturated heterocycles. The van der Waals surface area contributed by atoms with E-state index in [0.717, 1.165) is 52.2 Å². The Labute approximate surface area is 224 Å². The number of carbonyl (C=O) groups is 1. The molecule has 4 heterocycles. The predicted molar refractivity (Wildman–Crippen MR) is 146 cm³/mol. The van der Waals surface area contributed by atoms with Crippen LogP contribution in [0, 0.1) is 0 Å². The summed E-state index contributed by atoms with van der Waals surface area (Å²) in [6, 6.07) is 9.56. The van der Waals surface area contributed by atoms with Crippen LogP contribution in [0.2, 0.25) is 0 Å². The molecule has 0 bridgehead atoms. The first-order chi connectivity index (χ1) is 18.6. The van der Waals surface area contributed by atoms with Gasteiger partial charge in [0.05, 0.1) is 47.3 Å². The number of rotatable bonds is 6. The lowest BCUT2D eigenvalue weighted by Gasteiger charge is -2.27. The number of hydrogen-bond donors (Lipinski definition) is 2. The molecule has 38 heavy (non-hydrogen) atoms. The molecular weight excluding hydrogens is 502 g/mol. The molecule has 2 fully saturated rings. The lowest BCUT2D eigenvalue weighted by molar-refractivity contribution is 0.0302. The largest absolute Gasteiger partial charge is 0.456 e. The van der Waals surface area contributed by atoms with Crippen LogP contribution in [0.25, 0.3) is 21.3 Å². The number of ether oxygens (including phenoxy) is 2. The normalized spacial score (nSPS) is 19.9. The number of fused-ring (bicyclic) bond motifs is 1. The highest BCUT2D eigenvalue weighted by atomic mass is 32.1. The van der Waals surface area contributed by atoms with Crippen LogP contribution < -0.4 is 10.1 Å². The second-order valence-corrected chi connectivity index (χ2v) is 10.7. The molecule has 0 spiro atoms. The number of carbonyl (C=O) groups excluding carboxylic acids is 1. The van der Waals surface area contributed by atoms with Crippen LogP contribution in [0.15, 0.2) is 55.1 Å². The van der Waals surface area contributed by atoms with E-state index in [4.69, 9.17) is 9.47 Å². The fourth-order valence-corrected chi connectivity index (χ4v) is 5.86. The van der Waals surface area contributed by atoms with E-state index < -0.39 is 0 Å². The molecule has 1 aliphatic heterocycles. The van der Waals surface area contributed by atoms with E-state index in [2.05, 4.69) is 20.3 Å². The van der Waals surface area contributed by atoms with E-state index in [0.29, 0.717) is 43.4 Å². The van der Waals surface area contributed by atoms with Gasteiger partial charge in [0, 0.05) is 48.9 Å². The van der Waals surface area contributed by atoms with Gasteiger partial charge in [-0.15, -0.1) is 0 Å². The summed E-state index contributed by atoms with van der Waals surface area (Å²) in [5.41, 5.74) is 3.02. The van der Waals surface area contributed by atoms with E-state index in [1.54, 1.807) is 41.0 Å². The Bertz CT molecular complexity index is 1440. The Balaban J connectivity index is 1.17. The first kappa shape index (κ1) is 24.7. The number of pyridine rings is 2. The molecule has 10 heteroatoms. The summed E-state index contributed by atoms with van der Waals surface area (Å²) in [6.45, 7) is 2.27. The molecule has 3 aromatic heterocycles. The third kappa shape index (κ3) is 5.47. The first-order valence-electron chi connectivity index (χ1n) is 12.9. The summed E-state index contributed by atoms with van der Waals surface area (Å²) in [5.74, 6) is 1.21. The number of anilines is 1. The van der Waals surface area contributed by atoms with Crippen molar-refractivity contribution in [3.63, 3.8) is 0 Å². The van der Waals surface area contributed by atoms with Crippen molar-refractivity contribution in [3.8, 4) is 22.6 Å². The predicted octanol–water partition coefficient (Wildman–Crippen LogP) is 4.73. The van der Waals surface area contributed by atoms with Crippen LogP contribution >= 0.6 is 11.3 Å². The maximum Gasteiger partial charge on any atom is 0.255 e. The van der Waals surface area contributed by atoms with Gasteiger partial charge in [0.25, 0.3) is 5.91 Å². The van der Waals surface area contributed by atoms with Crippen molar-refractivity contribution in [2.75, 3.05) is 31.6 Å². The summed E-state index contributed by atoms with van der Waals surface area (Å²) < 4.78 is 12.5. The van der Waals surface area contributed by atoms with Crippen LogP contribution in [-0.2, 0) is 4.74 Å². The van der Waals surface area contributed by atoms with Crippen molar-refractivity contribution in [3.05, 3.63) is 60.7 Å². The van der Waals surface area contributed by atoms with Gasteiger partial charge in [-0.2, -0.15) is 0 Å². The van der Waals surface area contributed by atoms with E-state index in [1.807, 2.05) is 30.3 Å². The SMILES string of the molecule is O=C(c1cncc(-c2cncc(Oc3ccc4nc(N[C@@H]5CCCC[C@H]5O)sc4c3)c2)c1)N1CCOCC1. The van der Waals surface area contributed by atoms with Gasteiger partial charge in [0.15, 0.2) is 5.13 Å². The van der Waals surface area contributed by atoms with Gasteiger partial charge in [-0.3, -0.25) is 14.8 Å². The molecule has 1 amide bonds. The van der Waals surface area contributed by atoms with Crippen LogP contribution in [-0.4, -0.2) is 69.3 Å². The molecule has 2 aliphatic rings. The topological polar surface area (TPSA) is 110 Å². The number of aliphatic hydroxyl groups excluding tert-OH is 1. The molecule has 2 N–H and O–H groups in total. The zero-order chi connectivity index (χ0) is 25.9. The minimum absolute atomic E-state index is 0.0472. The lowest BCUT2D eigenvalue weighted by atomic mass is 9.93. The van der Waals surface area contributed by atoms with E-state index in [-0.39, 0.29) is 18.1 Å². The Morgan fingerprint density at radius 3 is 2.63 bits per heavy atom. The van der Waals surface area contributed by atoms with Crippen molar-refractivity contribution >= 4 is 32.6 Å². The van der Waals surface area contributed by atoms with Crippen LogP contribution in [0.1, 0.15) is 36.0 Å². The van der Waals surface area contributed by atoms with E-state index in [1.165, 1.54) is 0 Å². The summed E-state index contributed by atoms with van der Waals surface area (Å²) in [5, 5.41) is 14.5. The molecule has 1 aromatic carbocycles. The zero-order valence-electron chi connectivity index (χ0n) is 20.9. The first-order valence-corrected chi connectivity index (χ1v) is 13.7. The third-order valence-electron chi connectivity index (χ3n) is 6.96. The standard InChI is InChI=1S/C28H29N5O4S/c34-25-4-2-1-3-23(25)31-28-32-24-6-5-21(13-26(24)38-28)37-22-12-19(15-30-17-22)18-11-20(16-29-14-18)27(35)33-7-9-36-10-8-33/h5-6,11-17,23,25,34H,1-4,7-10H2,(H,31,32)/t23-,25-/m1/s1. The second-order valence-electron chi connectivity index (χ2n) is 9.63. The molecule has 196 valence electrons. The number of morpholine rings is 1. The summed E-state index contributed by atoms with van der Waals surface area (Å²) in [6.07, 6.45) is 10.4. The smallest absolute Gasteiger partial charge is 0.255 e. The Hall–Kier alpha value is -3.60. The number of aliphatic hydroxyl groups is 1. The van der Waals surface area contributed by atoms with Crippen LogP contribution in [0.5, 0.6) is 11.5 Å². The Morgan fingerprint density at radius 2 is 1.79 bits per heavy atom. The highest BCUT2D eigenvalue weighted by Gasteiger charge is 2.24. The van der Waals surface area contributed by atoms with E-state index in [9.17, 15) is 9.90 Å². The van der Waals surface area contributed by atoms with Gasteiger partial charge in [0.2, 0.25) is 0 Å². The highest BCUT2D eigenvalue weighted by molar-refractivity contribution is 7.22. The number of thiazole rings is 1. The molecule has 9 nitrogen and oxygen atoms in total. The molecule has 1 saturated carbocycles. The van der Waals surface area contributed by atoms with Gasteiger partial charge in [-0.25, -0.2) is 4.98 Å². The average Bonchev–Trinajstić information content (AvgIpc) is 3.36. The number of benzene rings is 1. The van der Waals surface area contributed by atoms with Crippen molar-refractivity contribution in [2.45, 2.75) is 37.8 Å². The van der Waals surface area contributed by atoms with Crippen LogP contribution in [0.4, 0.5) is 5.13 Å². The molecular formula is C28H29N5O4S. The number of amides is 1. The summed E-state index contributed by atoms with van der Waals surface area (Å²) in [4.78, 5) is 28.0. The number of nitrogens with one attached hydrogen (secondary N) is 1. The minimum Gasteiger partial charge on any atom is -0.456 e. The molecule has 4 aromatic rings. The maximum atomic E-state index is 12.9. The van der Waals surface area contributed by atoms with Gasteiger partial charge in [0.1, 0.15) is 11.5 Å². The van der Waals surface area contributed by atoms with E-state index >= 15 is 0 Å². The minimum atomic E-state index is -0.331. The fourth-order valence-electron chi connectivity index (χ4n) is 4.90. The van der Waals surface area contributed by atoms with Crippen molar-refractivity contribution in [2.24, 2.45) is 0 Å². The number of aromatic nitrogens is 3. The van der Waals surface area contributed by atoms with Crippen LogP contribution in [0.3, 0.4) is 0 Å². The van der Waals surface area contributed by atoms with Crippen molar-refractivity contribution in [1.82, 2.24) is 19.9 Å². The molecule has 0 unspecified atom stereocenters. The maximum absolute atomic E-state index is 12.9. The van der Waals surface area contributed by atoms with Gasteiger partial charge in [-0.05, 0) is 37.1 Å². The second kappa shape index (κ2) is 11.0. The molecule has 2 atom stereocenters. The molecule has 1 aliphatic carbocycles. The summed E-state index contributed by atoms with van der Waals surface area (Å²) in [7, 11) is 0. The molecule has 0 radical (unpaired) electrons.